The van der Waals surface area contributed by atoms with E-state index in [2.05, 4.69) is 42.7 Å². The number of hydrogen-bond acceptors (Lipinski definition) is 3. The SMILES string of the molecule is Cc1nc(N2CCCC2)ccc1[C@H]1CCCN1C(C)C. The highest BCUT2D eigenvalue weighted by atomic mass is 15.2. The van der Waals surface area contributed by atoms with Crippen LogP contribution in [0.1, 0.15) is 56.8 Å². The number of rotatable bonds is 3. The minimum atomic E-state index is 0.579. The molecular formula is C17H27N3. The van der Waals surface area contributed by atoms with Gasteiger partial charge in [-0.2, -0.15) is 0 Å². The standard InChI is InChI=1S/C17H27N3/c1-13(2)20-12-6-7-16(20)15-8-9-17(18-14(15)3)19-10-4-5-11-19/h8-9,13,16H,4-7,10-12H2,1-3H3/t16-/m1/s1. The van der Waals surface area contributed by atoms with E-state index in [0.29, 0.717) is 12.1 Å². The van der Waals surface area contributed by atoms with Gasteiger partial charge < -0.3 is 4.90 Å². The largest absolute Gasteiger partial charge is 0.357 e. The summed E-state index contributed by atoms with van der Waals surface area (Å²) >= 11 is 0. The maximum Gasteiger partial charge on any atom is 0.128 e. The molecule has 1 aromatic heterocycles. The Balaban J connectivity index is 1.83. The van der Waals surface area contributed by atoms with Crippen LogP contribution in [0.2, 0.25) is 0 Å². The van der Waals surface area contributed by atoms with Crippen LogP contribution in [0.25, 0.3) is 0 Å². The summed E-state index contributed by atoms with van der Waals surface area (Å²) in [5, 5.41) is 0. The summed E-state index contributed by atoms with van der Waals surface area (Å²) in [6.45, 7) is 10.4. The highest BCUT2D eigenvalue weighted by molar-refractivity contribution is 5.43. The van der Waals surface area contributed by atoms with E-state index in [1.807, 2.05) is 0 Å². The molecule has 3 nitrogen and oxygen atoms in total. The highest BCUT2D eigenvalue weighted by Crippen LogP contribution is 2.35. The molecule has 110 valence electrons. The van der Waals surface area contributed by atoms with Gasteiger partial charge in [-0.25, -0.2) is 4.98 Å². The van der Waals surface area contributed by atoms with Crippen LogP contribution in [0, 0.1) is 6.92 Å². The zero-order valence-electron chi connectivity index (χ0n) is 13.1. The van der Waals surface area contributed by atoms with Crippen molar-refractivity contribution in [2.75, 3.05) is 24.5 Å². The number of pyridine rings is 1. The maximum absolute atomic E-state index is 4.89. The van der Waals surface area contributed by atoms with Crippen molar-refractivity contribution in [3.63, 3.8) is 0 Å². The van der Waals surface area contributed by atoms with Crippen molar-refractivity contribution in [3.8, 4) is 0 Å². The molecule has 0 aliphatic carbocycles. The van der Waals surface area contributed by atoms with Crippen LogP contribution in [0.4, 0.5) is 5.82 Å². The van der Waals surface area contributed by atoms with Crippen LogP contribution in [0.15, 0.2) is 12.1 Å². The molecule has 0 saturated carbocycles. The molecule has 0 bridgehead atoms. The molecule has 1 aromatic rings. The van der Waals surface area contributed by atoms with Gasteiger partial charge in [0.15, 0.2) is 0 Å². The number of hydrogen-bond donors (Lipinski definition) is 0. The van der Waals surface area contributed by atoms with Crippen molar-refractivity contribution in [3.05, 3.63) is 23.4 Å². The monoisotopic (exact) mass is 273 g/mol. The fourth-order valence-electron chi connectivity index (χ4n) is 3.77. The predicted octanol–water partition coefficient (Wildman–Crippen LogP) is 3.54. The van der Waals surface area contributed by atoms with Crippen molar-refractivity contribution in [2.24, 2.45) is 0 Å². The molecule has 2 aliphatic heterocycles. The molecule has 2 aliphatic rings. The second-order valence-corrected chi connectivity index (χ2v) is 6.53. The summed E-state index contributed by atoms with van der Waals surface area (Å²) in [4.78, 5) is 9.94. The van der Waals surface area contributed by atoms with Gasteiger partial charge in [0.1, 0.15) is 5.82 Å². The summed E-state index contributed by atoms with van der Waals surface area (Å²) in [6, 6.07) is 5.78. The molecule has 2 fully saturated rings. The minimum absolute atomic E-state index is 0.579. The molecule has 3 rings (SSSR count). The Kier molecular flexibility index (Phi) is 3.97. The fraction of sp³-hybridized carbons (Fsp3) is 0.706. The Bertz CT molecular complexity index is 463. The van der Waals surface area contributed by atoms with E-state index in [0.717, 1.165) is 0 Å². The molecule has 20 heavy (non-hydrogen) atoms. The van der Waals surface area contributed by atoms with Crippen LogP contribution in [0.3, 0.4) is 0 Å². The van der Waals surface area contributed by atoms with Crippen molar-refractivity contribution in [1.82, 2.24) is 9.88 Å². The molecule has 0 radical (unpaired) electrons. The molecule has 1 atom stereocenters. The normalized spacial score (nSPS) is 24.0. The van der Waals surface area contributed by atoms with E-state index in [1.54, 1.807) is 0 Å². The number of aryl methyl sites for hydroxylation is 1. The van der Waals surface area contributed by atoms with Gasteiger partial charge >= 0.3 is 0 Å². The average Bonchev–Trinajstić information content (AvgIpc) is 3.10. The van der Waals surface area contributed by atoms with Crippen LogP contribution in [-0.4, -0.2) is 35.6 Å². The Morgan fingerprint density at radius 3 is 2.50 bits per heavy atom. The molecule has 3 heteroatoms. The summed E-state index contributed by atoms with van der Waals surface area (Å²) in [5.74, 6) is 1.18. The zero-order valence-corrected chi connectivity index (χ0v) is 13.1. The van der Waals surface area contributed by atoms with Crippen molar-refractivity contribution < 1.29 is 0 Å². The Labute approximate surface area is 123 Å². The van der Waals surface area contributed by atoms with Crippen molar-refractivity contribution in [1.29, 1.82) is 0 Å². The number of anilines is 1. The van der Waals surface area contributed by atoms with E-state index in [1.165, 1.54) is 62.4 Å². The zero-order chi connectivity index (χ0) is 14.1. The van der Waals surface area contributed by atoms with Gasteiger partial charge in [0.25, 0.3) is 0 Å². The number of aromatic nitrogens is 1. The lowest BCUT2D eigenvalue weighted by Gasteiger charge is -2.29. The first kappa shape index (κ1) is 13.9. The number of likely N-dealkylation sites (tertiary alicyclic amines) is 1. The lowest BCUT2D eigenvalue weighted by Crippen LogP contribution is -2.30. The summed E-state index contributed by atoms with van der Waals surface area (Å²) < 4.78 is 0. The van der Waals surface area contributed by atoms with Crippen molar-refractivity contribution in [2.45, 2.75) is 58.5 Å². The quantitative estimate of drug-likeness (QED) is 0.840. The van der Waals surface area contributed by atoms with E-state index in [4.69, 9.17) is 4.98 Å². The number of nitrogens with zero attached hydrogens (tertiary/aromatic N) is 3. The third-order valence-corrected chi connectivity index (χ3v) is 4.86. The molecule has 3 heterocycles. The second-order valence-electron chi connectivity index (χ2n) is 6.53. The Morgan fingerprint density at radius 1 is 1.10 bits per heavy atom. The third kappa shape index (κ3) is 2.56. The molecule has 0 spiro atoms. The van der Waals surface area contributed by atoms with Crippen molar-refractivity contribution >= 4 is 5.82 Å². The second kappa shape index (κ2) is 5.72. The van der Waals surface area contributed by atoms with E-state index in [9.17, 15) is 0 Å². The van der Waals surface area contributed by atoms with E-state index < -0.39 is 0 Å². The van der Waals surface area contributed by atoms with Gasteiger partial charge in [-0.15, -0.1) is 0 Å². The third-order valence-electron chi connectivity index (χ3n) is 4.86. The smallest absolute Gasteiger partial charge is 0.128 e. The first-order chi connectivity index (χ1) is 9.66. The van der Waals surface area contributed by atoms with E-state index >= 15 is 0 Å². The Morgan fingerprint density at radius 2 is 1.85 bits per heavy atom. The molecule has 0 N–H and O–H groups in total. The first-order valence-corrected chi connectivity index (χ1v) is 8.15. The minimum Gasteiger partial charge on any atom is -0.357 e. The lowest BCUT2D eigenvalue weighted by molar-refractivity contribution is 0.204. The first-order valence-electron chi connectivity index (χ1n) is 8.15. The summed E-state index contributed by atoms with van der Waals surface area (Å²) in [6.07, 6.45) is 5.22. The summed E-state index contributed by atoms with van der Waals surface area (Å²) in [7, 11) is 0. The van der Waals surface area contributed by atoms with Gasteiger partial charge in [0.05, 0.1) is 0 Å². The van der Waals surface area contributed by atoms with E-state index in [-0.39, 0.29) is 0 Å². The molecular weight excluding hydrogens is 246 g/mol. The van der Waals surface area contributed by atoms with Gasteiger partial charge in [-0.3, -0.25) is 4.90 Å². The Hall–Kier alpha value is -1.09. The fourth-order valence-corrected chi connectivity index (χ4v) is 3.77. The van der Waals surface area contributed by atoms with Crippen LogP contribution >= 0.6 is 0 Å². The van der Waals surface area contributed by atoms with Gasteiger partial charge in [-0.1, -0.05) is 6.07 Å². The lowest BCUT2D eigenvalue weighted by atomic mass is 10.0. The molecule has 0 aromatic carbocycles. The van der Waals surface area contributed by atoms with Gasteiger partial charge in [0, 0.05) is 30.9 Å². The predicted molar refractivity (Wildman–Crippen MR) is 84.2 cm³/mol. The topological polar surface area (TPSA) is 19.4 Å². The van der Waals surface area contributed by atoms with Crippen LogP contribution in [-0.2, 0) is 0 Å². The van der Waals surface area contributed by atoms with Gasteiger partial charge in [0.2, 0.25) is 0 Å². The summed E-state index contributed by atoms with van der Waals surface area (Å²) in [5.41, 5.74) is 2.67. The van der Waals surface area contributed by atoms with Gasteiger partial charge in [-0.05, 0) is 64.6 Å². The maximum atomic E-state index is 4.89. The molecule has 0 unspecified atom stereocenters. The average molecular weight is 273 g/mol. The molecule has 0 amide bonds. The molecule has 2 saturated heterocycles. The van der Waals surface area contributed by atoms with Crippen LogP contribution < -0.4 is 4.90 Å². The highest BCUT2D eigenvalue weighted by Gasteiger charge is 2.29. The van der Waals surface area contributed by atoms with Crippen LogP contribution in [0.5, 0.6) is 0 Å².